The number of carbonyl (C=O) groups excluding carboxylic acids is 1. The van der Waals surface area contributed by atoms with Crippen molar-refractivity contribution in [1.29, 1.82) is 0 Å². The van der Waals surface area contributed by atoms with E-state index in [4.69, 9.17) is 0 Å². The molecule has 146 valence electrons. The van der Waals surface area contributed by atoms with Crippen LogP contribution in [0.15, 0.2) is 22.6 Å². The van der Waals surface area contributed by atoms with Gasteiger partial charge in [-0.15, -0.1) is 22.7 Å². The molecule has 0 aromatic carbocycles. The van der Waals surface area contributed by atoms with E-state index in [1.54, 1.807) is 29.7 Å². The lowest BCUT2D eigenvalue weighted by atomic mass is 10.1. The Morgan fingerprint density at radius 1 is 1.37 bits per heavy atom. The number of aryl methyl sites for hydroxylation is 1. The first-order valence-electron chi connectivity index (χ1n) is 9.40. The van der Waals surface area contributed by atoms with E-state index < -0.39 is 0 Å². The third-order valence-corrected chi connectivity index (χ3v) is 6.82. The predicted octanol–water partition coefficient (Wildman–Crippen LogP) is 2.45. The smallest absolute Gasteiger partial charge is 0.224 e. The van der Waals surface area contributed by atoms with Crippen molar-refractivity contribution in [3.05, 3.63) is 38.0 Å². The number of nitrogens with one attached hydrogen (secondary N) is 2. The van der Waals surface area contributed by atoms with E-state index in [1.807, 2.05) is 11.1 Å². The van der Waals surface area contributed by atoms with Gasteiger partial charge in [0.25, 0.3) is 0 Å². The van der Waals surface area contributed by atoms with E-state index >= 15 is 0 Å². The van der Waals surface area contributed by atoms with Crippen LogP contribution >= 0.6 is 22.7 Å². The lowest BCUT2D eigenvalue weighted by molar-refractivity contribution is -0.131. The van der Waals surface area contributed by atoms with Crippen molar-refractivity contribution in [1.82, 2.24) is 20.5 Å². The van der Waals surface area contributed by atoms with Crippen LogP contribution in [0.3, 0.4) is 0 Å². The maximum Gasteiger partial charge on any atom is 0.224 e. The Kier molecular flexibility index (Phi) is 7.23. The number of fused-ring (bicyclic) bond motifs is 1. The Bertz CT molecular complexity index is 783. The Morgan fingerprint density at radius 3 is 3.00 bits per heavy atom. The zero-order valence-electron chi connectivity index (χ0n) is 16.0. The summed E-state index contributed by atoms with van der Waals surface area (Å²) in [4.78, 5) is 25.8. The number of thiophene rings is 1. The summed E-state index contributed by atoms with van der Waals surface area (Å²) in [5, 5.41) is 9.78. The van der Waals surface area contributed by atoms with Gasteiger partial charge in [-0.1, -0.05) is 6.92 Å². The molecule has 0 spiro atoms. The Balaban J connectivity index is 1.35. The summed E-state index contributed by atoms with van der Waals surface area (Å²) in [6.45, 7) is 5.08. The number of guanidine groups is 1. The van der Waals surface area contributed by atoms with Crippen LogP contribution in [-0.2, 0) is 30.6 Å². The van der Waals surface area contributed by atoms with Crippen molar-refractivity contribution >= 4 is 34.5 Å². The molecule has 2 aromatic rings. The number of hydrogen-bond donors (Lipinski definition) is 2. The van der Waals surface area contributed by atoms with Crippen LogP contribution in [-0.4, -0.2) is 48.4 Å². The minimum Gasteiger partial charge on any atom is -0.356 e. The summed E-state index contributed by atoms with van der Waals surface area (Å²) in [5.74, 6) is 0.929. The summed E-state index contributed by atoms with van der Waals surface area (Å²) in [6, 6.07) is 2.13. The van der Waals surface area contributed by atoms with Gasteiger partial charge < -0.3 is 15.5 Å². The molecule has 3 rings (SSSR count). The monoisotopic (exact) mass is 405 g/mol. The highest BCUT2D eigenvalue weighted by Gasteiger charge is 2.20. The van der Waals surface area contributed by atoms with E-state index in [0.29, 0.717) is 13.0 Å². The minimum atomic E-state index is 0.199. The van der Waals surface area contributed by atoms with Crippen LogP contribution in [0.4, 0.5) is 0 Å². The normalized spacial score (nSPS) is 14.1. The molecule has 1 aliphatic heterocycles. The molecule has 3 heterocycles. The molecule has 0 unspecified atom stereocenters. The minimum absolute atomic E-state index is 0.199. The van der Waals surface area contributed by atoms with Crippen LogP contribution in [0.1, 0.15) is 33.7 Å². The summed E-state index contributed by atoms with van der Waals surface area (Å²) < 4.78 is 0. The predicted molar refractivity (Wildman–Crippen MR) is 113 cm³/mol. The molecule has 6 nitrogen and oxygen atoms in total. The summed E-state index contributed by atoms with van der Waals surface area (Å²) in [5.41, 5.74) is 1.30. The second-order valence-electron chi connectivity index (χ2n) is 6.43. The number of thiazole rings is 1. The first-order valence-corrected chi connectivity index (χ1v) is 11.1. The Hall–Kier alpha value is -1.93. The molecule has 2 N–H and O–H groups in total. The molecular formula is C19H27N5OS2. The number of aromatic nitrogens is 1. The Labute approximate surface area is 168 Å². The van der Waals surface area contributed by atoms with E-state index in [0.717, 1.165) is 49.9 Å². The summed E-state index contributed by atoms with van der Waals surface area (Å²) in [6.07, 6.45) is 5.32. The van der Waals surface area contributed by atoms with Gasteiger partial charge in [-0.25, -0.2) is 4.98 Å². The molecule has 0 bridgehead atoms. The van der Waals surface area contributed by atoms with Crippen LogP contribution in [0.5, 0.6) is 0 Å². The maximum absolute atomic E-state index is 12.5. The van der Waals surface area contributed by atoms with Crippen LogP contribution in [0.2, 0.25) is 0 Å². The molecule has 0 saturated carbocycles. The lowest BCUT2D eigenvalue weighted by Gasteiger charge is -2.27. The van der Waals surface area contributed by atoms with Crippen molar-refractivity contribution < 1.29 is 4.79 Å². The van der Waals surface area contributed by atoms with E-state index in [9.17, 15) is 4.79 Å². The molecule has 0 atom stereocenters. The molecule has 2 aromatic heterocycles. The van der Waals surface area contributed by atoms with Gasteiger partial charge in [-0.2, -0.15) is 0 Å². The lowest BCUT2D eigenvalue weighted by Crippen LogP contribution is -2.41. The number of aliphatic imine (C=N–C) groups is 1. The van der Waals surface area contributed by atoms with Crippen molar-refractivity contribution in [3.8, 4) is 0 Å². The first-order chi connectivity index (χ1) is 13.2. The standard InChI is InChI=1S/C19H27N5OS2/c1-3-15-12-23-17(27-15)4-8-21-19(20-2)22-9-5-18(25)24-10-6-16-14(13-24)7-11-26-16/h7,11-12H,3-6,8-10,13H2,1-2H3,(H2,20,21,22). The molecule has 0 saturated heterocycles. The maximum atomic E-state index is 12.5. The van der Waals surface area contributed by atoms with Crippen LogP contribution in [0.25, 0.3) is 0 Å². The van der Waals surface area contributed by atoms with E-state index in [1.165, 1.54) is 15.3 Å². The fourth-order valence-corrected chi connectivity index (χ4v) is 4.79. The molecule has 27 heavy (non-hydrogen) atoms. The summed E-state index contributed by atoms with van der Waals surface area (Å²) in [7, 11) is 1.75. The van der Waals surface area contributed by atoms with Gasteiger partial charge >= 0.3 is 0 Å². The number of nitrogens with zero attached hydrogens (tertiary/aromatic N) is 3. The van der Waals surface area contributed by atoms with Crippen molar-refractivity contribution in [2.24, 2.45) is 4.99 Å². The molecular weight excluding hydrogens is 378 g/mol. The summed E-state index contributed by atoms with van der Waals surface area (Å²) >= 11 is 3.56. The third kappa shape index (κ3) is 5.52. The largest absolute Gasteiger partial charge is 0.356 e. The number of rotatable bonds is 7. The van der Waals surface area contributed by atoms with Gasteiger partial charge in [0.2, 0.25) is 5.91 Å². The second kappa shape index (κ2) is 9.85. The molecule has 1 amide bonds. The molecule has 0 aliphatic carbocycles. The highest BCUT2D eigenvalue weighted by Crippen LogP contribution is 2.24. The zero-order chi connectivity index (χ0) is 19.1. The second-order valence-corrected chi connectivity index (χ2v) is 8.63. The zero-order valence-corrected chi connectivity index (χ0v) is 17.6. The fourth-order valence-electron chi connectivity index (χ4n) is 3.04. The first kappa shape index (κ1) is 19.8. The van der Waals surface area contributed by atoms with Gasteiger partial charge in [0.05, 0.1) is 5.01 Å². The highest BCUT2D eigenvalue weighted by atomic mass is 32.1. The number of amides is 1. The van der Waals surface area contributed by atoms with Crippen LogP contribution in [0, 0.1) is 0 Å². The fraction of sp³-hybridized carbons (Fsp3) is 0.526. The Morgan fingerprint density at radius 2 is 2.22 bits per heavy atom. The average Bonchev–Trinajstić information content (AvgIpc) is 3.34. The molecule has 0 fully saturated rings. The topological polar surface area (TPSA) is 69.6 Å². The van der Waals surface area contributed by atoms with E-state index in [2.05, 4.69) is 39.0 Å². The number of carbonyl (C=O) groups is 1. The SMILES string of the molecule is CCc1cnc(CCNC(=NC)NCCC(=O)N2CCc3sccc3C2)s1. The molecule has 8 heteroatoms. The van der Waals surface area contributed by atoms with E-state index in [-0.39, 0.29) is 5.91 Å². The van der Waals surface area contributed by atoms with Crippen molar-refractivity contribution in [3.63, 3.8) is 0 Å². The quantitative estimate of drug-likeness (QED) is 0.548. The van der Waals surface area contributed by atoms with Gasteiger partial charge in [0, 0.05) is 62.0 Å². The van der Waals surface area contributed by atoms with Gasteiger partial charge in [-0.05, 0) is 29.9 Å². The third-order valence-electron chi connectivity index (χ3n) is 4.60. The number of hydrogen-bond acceptors (Lipinski definition) is 5. The van der Waals surface area contributed by atoms with Gasteiger partial charge in [0.15, 0.2) is 5.96 Å². The molecule has 0 radical (unpaired) electrons. The average molecular weight is 406 g/mol. The molecule has 1 aliphatic rings. The highest BCUT2D eigenvalue weighted by molar-refractivity contribution is 7.11. The van der Waals surface area contributed by atoms with Crippen molar-refractivity contribution in [2.45, 2.75) is 39.2 Å². The van der Waals surface area contributed by atoms with Gasteiger partial charge in [-0.3, -0.25) is 9.79 Å². The van der Waals surface area contributed by atoms with Crippen LogP contribution < -0.4 is 10.6 Å². The van der Waals surface area contributed by atoms with Gasteiger partial charge in [0.1, 0.15) is 0 Å². The van der Waals surface area contributed by atoms with Crippen molar-refractivity contribution in [2.75, 3.05) is 26.7 Å².